The molecule has 272 valence electrons. The molecule has 2 fully saturated rings. The number of rotatable bonds is 2. The van der Waals surface area contributed by atoms with Crippen molar-refractivity contribution in [3.8, 4) is 5.75 Å². The van der Waals surface area contributed by atoms with E-state index in [-0.39, 0.29) is 34.8 Å². The molecule has 1 aromatic heterocycles. The van der Waals surface area contributed by atoms with Crippen LogP contribution in [0, 0.1) is 17.3 Å². The molecule has 1 aromatic carbocycles. The van der Waals surface area contributed by atoms with Gasteiger partial charge in [0.1, 0.15) is 5.69 Å². The maximum Gasteiger partial charge on any atom is 0.283 e. The molecule has 1 amide bonds. The lowest BCUT2D eigenvalue weighted by molar-refractivity contribution is -0.246. The van der Waals surface area contributed by atoms with E-state index in [0.717, 1.165) is 50.0 Å². The summed E-state index contributed by atoms with van der Waals surface area (Å²) in [6, 6.07) is 9.72. The monoisotopic (exact) mass is 726 g/mol. The number of aryl methyl sites for hydroxylation is 1. The first-order valence-corrected chi connectivity index (χ1v) is 20.0. The third kappa shape index (κ3) is 6.69. The second kappa shape index (κ2) is 13.7. The lowest BCUT2D eigenvalue weighted by Crippen LogP contribution is -2.56. The van der Waals surface area contributed by atoms with Gasteiger partial charge in [-0.15, -0.1) is 0 Å². The second-order valence-electron chi connectivity index (χ2n) is 15.9. The van der Waals surface area contributed by atoms with E-state index in [0.29, 0.717) is 62.4 Å². The summed E-state index contributed by atoms with van der Waals surface area (Å²) in [6.07, 6.45) is 6.75. The molecule has 2 bridgehead atoms. The molecule has 10 nitrogen and oxygen atoms in total. The largest absolute Gasteiger partial charge is 0.489 e. The van der Waals surface area contributed by atoms with E-state index < -0.39 is 21.2 Å². The summed E-state index contributed by atoms with van der Waals surface area (Å²) in [4.78, 5) is 22.9. The molecule has 1 saturated heterocycles. The molecule has 2 aromatic rings. The van der Waals surface area contributed by atoms with Crippen molar-refractivity contribution in [2.24, 2.45) is 17.3 Å². The van der Waals surface area contributed by atoms with Gasteiger partial charge in [-0.3, -0.25) is 4.79 Å². The zero-order chi connectivity index (χ0) is 35.4. The van der Waals surface area contributed by atoms with E-state index in [1.807, 2.05) is 20.2 Å². The topological polar surface area (TPSA) is 110 Å². The van der Waals surface area contributed by atoms with Crippen molar-refractivity contribution >= 4 is 33.3 Å². The van der Waals surface area contributed by atoms with Gasteiger partial charge in [0.25, 0.3) is 5.91 Å². The normalized spacial score (nSPS) is 34.5. The van der Waals surface area contributed by atoms with Crippen LogP contribution >= 0.6 is 11.6 Å². The van der Waals surface area contributed by atoms with Gasteiger partial charge in [-0.1, -0.05) is 36.7 Å². The number of hydrogen-bond donors (Lipinski definition) is 1. The van der Waals surface area contributed by atoms with Crippen LogP contribution in [0.2, 0.25) is 5.02 Å². The van der Waals surface area contributed by atoms with Gasteiger partial charge in [0, 0.05) is 29.4 Å². The van der Waals surface area contributed by atoms with Crippen molar-refractivity contribution in [3.63, 3.8) is 0 Å². The first kappa shape index (κ1) is 35.7. The molecule has 5 aliphatic rings. The number of carbonyl (C=O) groups is 1. The minimum absolute atomic E-state index is 0.0326. The number of ether oxygens (including phenoxy) is 3. The molecule has 0 radical (unpaired) electrons. The predicted octanol–water partition coefficient (Wildman–Crippen LogP) is 5.73. The summed E-state index contributed by atoms with van der Waals surface area (Å²) >= 11 is 6.47. The molecule has 7 rings (SSSR count). The average molecular weight is 727 g/mol. The molecule has 4 heterocycles. The van der Waals surface area contributed by atoms with Gasteiger partial charge < -0.3 is 24.0 Å². The number of aromatic nitrogens is 1. The summed E-state index contributed by atoms with van der Waals surface area (Å²) in [5.74, 6) is 0.831. The van der Waals surface area contributed by atoms with E-state index >= 15 is 0 Å². The van der Waals surface area contributed by atoms with Crippen LogP contribution in [-0.2, 0) is 31.3 Å². The quantitative estimate of drug-likeness (QED) is 0.388. The van der Waals surface area contributed by atoms with E-state index in [1.54, 1.807) is 19.1 Å². The first-order chi connectivity index (χ1) is 23.8. The Hall–Kier alpha value is -2.70. The smallest absolute Gasteiger partial charge is 0.283 e. The summed E-state index contributed by atoms with van der Waals surface area (Å²) in [5, 5.41) is -0.219. The van der Waals surface area contributed by atoms with Crippen LogP contribution in [0.3, 0.4) is 0 Å². The zero-order valence-electron chi connectivity index (χ0n) is 29.8. The van der Waals surface area contributed by atoms with E-state index in [1.165, 1.54) is 11.1 Å². The van der Waals surface area contributed by atoms with Crippen LogP contribution in [0.1, 0.15) is 80.4 Å². The average Bonchev–Trinajstić information content (AvgIpc) is 3.22. The van der Waals surface area contributed by atoms with Gasteiger partial charge in [-0.05, 0) is 119 Å². The maximum absolute atomic E-state index is 13.5. The van der Waals surface area contributed by atoms with Gasteiger partial charge in [0.2, 0.25) is 10.0 Å². The summed E-state index contributed by atoms with van der Waals surface area (Å²) in [7, 11) is 0.0402. The summed E-state index contributed by atoms with van der Waals surface area (Å²) < 4.78 is 48.7. The fraction of sp³-hybridized carbons (Fsp3) is 0.632. The molecule has 2 aliphatic carbocycles. The minimum atomic E-state index is -4.05. The highest BCUT2D eigenvalue weighted by Crippen LogP contribution is 2.55. The van der Waals surface area contributed by atoms with Crippen LogP contribution in [0.4, 0.5) is 5.82 Å². The molecule has 1 unspecified atom stereocenters. The van der Waals surface area contributed by atoms with Gasteiger partial charge in [-0.2, -0.15) is 0 Å². The summed E-state index contributed by atoms with van der Waals surface area (Å²) in [6.45, 7) is 11.1. The van der Waals surface area contributed by atoms with Crippen molar-refractivity contribution in [2.75, 3.05) is 51.9 Å². The minimum Gasteiger partial charge on any atom is -0.489 e. The number of pyridine rings is 1. The Morgan fingerprint density at radius 3 is 2.56 bits per heavy atom. The second-order valence-corrected chi connectivity index (χ2v) is 18.3. The summed E-state index contributed by atoms with van der Waals surface area (Å²) in [5.41, 5.74) is 2.69. The fourth-order valence-corrected chi connectivity index (χ4v) is 10.4. The number of carbonyl (C=O) groups excluding carboxylic acids is 1. The Morgan fingerprint density at radius 2 is 1.84 bits per heavy atom. The van der Waals surface area contributed by atoms with Crippen molar-refractivity contribution in [1.82, 2.24) is 14.6 Å². The number of sulfonamides is 1. The van der Waals surface area contributed by atoms with Crippen molar-refractivity contribution in [2.45, 2.75) is 88.2 Å². The number of benzene rings is 1. The molecule has 3 aliphatic heterocycles. The van der Waals surface area contributed by atoms with Gasteiger partial charge >= 0.3 is 0 Å². The Bertz CT molecular complexity index is 1750. The van der Waals surface area contributed by atoms with Gasteiger partial charge in [0.05, 0.1) is 31.1 Å². The van der Waals surface area contributed by atoms with E-state index in [9.17, 15) is 13.2 Å². The molecule has 1 N–H and O–H groups in total. The Labute approximate surface area is 301 Å². The number of nitrogens with zero attached hydrogens (tertiary/aromatic N) is 3. The highest BCUT2D eigenvalue weighted by molar-refractivity contribution is 7.90. The van der Waals surface area contributed by atoms with Crippen LogP contribution in [0.15, 0.2) is 42.5 Å². The zero-order valence-corrected chi connectivity index (χ0v) is 31.3. The number of nitrogens with one attached hydrogen (secondary N) is 1. The molecule has 12 heteroatoms. The van der Waals surface area contributed by atoms with Gasteiger partial charge in [0.15, 0.2) is 17.9 Å². The van der Waals surface area contributed by atoms with Crippen LogP contribution in [0.25, 0.3) is 0 Å². The Morgan fingerprint density at radius 1 is 1.06 bits per heavy atom. The highest BCUT2D eigenvalue weighted by Gasteiger charge is 2.52. The third-order valence-corrected chi connectivity index (χ3v) is 14.4. The molecule has 5 atom stereocenters. The maximum atomic E-state index is 13.5. The number of fused-ring (bicyclic) bond motifs is 4. The van der Waals surface area contributed by atoms with E-state index in [2.05, 4.69) is 40.2 Å². The SMILES string of the molecule is C=C1CCC[C@@H](C2OCC(N(C)C)CO2)[C@@H]2CCC2(C)CN2C[C@@]3(CCCc4cc(Cl)ccc43)COc3ccc(nc32)C(=O)NS(=O)(=O)[C@@H]1C. The number of halogens is 1. The number of hydrogen-bond acceptors (Lipinski definition) is 9. The molecule has 1 spiro atoms. The third-order valence-electron chi connectivity index (χ3n) is 12.4. The Balaban J connectivity index is 1.29. The Kier molecular flexibility index (Phi) is 9.77. The highest BCUT2D eigenvalue weighted by atomic mass is 35.5. The lowest BCUT2D eigenvalue weighted by atomic mass is 9.55. The van der Waals surface area contributed by atoms with Crippen molar-refractivity contribution in [3.05, 3.63) is 64.3 Å². The van der Waals surface area contributed by atoms with Crippen molar-refractivity contribution < 1.29 is 27.4 Å². The molecular weight excluding hydrogens is 676 g/mol. The molecule has 50 heavy (non-hydrogen) atoms. The van der Waals surface area contributed by atoms with Crippen LogP contribution in [0.5, 0.6) is 5.75 Å². The lowest BCUT2D eigenvalue weighted by Gasteiger charge is -2.55. The van der Waals surface area contributed by atoms with Crippen LogP contribution in [-0.4, -0.2) is 88.8 Å². The van der Waals surface area contributed by atoms with Gasteiger partial charge in [-0.25, -0.2) is 18.1 Å². The van der Waals surface area contributed by atoms with Crippen LogP contribution < -0.4 is 14.4 Å². The van der Waals surface area contributed by atoms with Crippen molar-refractivity contribution in [1.29, 1.82) is 0 Å². The molecule has 1 saturated carbocycles. The van der Waals surface area contributed by atoms with E-state index in [4.69, 9.17) is 30.8 Å². The fourth-order valence-electron chi connectivity index (χ4n) is 9.09. The number of likely N-dealkylation sites (N-methyl/N-ethyl adjacent to an activating group) is 1. The first-order valence-electron chi connectivity index (χ1n) is 18.1. The molecular formula is C38H51ClN4O6S. The predicted molar refractivity (Wildman–Crippen MR) is 194 cm³/mol. The standard InChI is InChI=1S/C38H51ClN4O6S/c1-24-8-6-10-29(36-47-19-28(20-48-36)42(4)5)31-15-17-37(31,3)21-43-22-38(16-7-9-26-18-27(39)11-12-30(26)38)23-49-33-14-13-32(40-34(33)43)35(44)41-50(45,46)25(24)2/h11-14,18,25,28-29,31,36H,1,6-10,15-17,19-23H2,2-5H3,(H,41,44)/t25-,28?,29-,31+,36?,37?,38+/m1/s1. The number of amides is 1. The number of anilines is 1.